The van der Waals surface area contributed by atoms with Crippen LogP contribution >= 0.6 is 0 Å². The maximum Gasteiger partial charge on any atom is 0.326 e. The van der Waals surface area contributed by atoms with Crippen LogP contribution in [0.4, 0.5) is 0 Å². The summed E-state index contributed by atoms with van der Waals surface area (Å²) >= 11 is 0. The molecule has 98 valence electrons. The molecular weight excluding hydrogens is 240 g/mol. The van der Waals surface area contributed by atoms with E-state index in [1.54, 1.807) is 29.9 Å². The van der Waals surface area contributed by atoms with Gasteiger partial charge in [-0.25, -0.2) is 4.79 Å². The molecule has 0 radical (unpaired) electrons. The lowest BCUT2D eigenvalue weighted by atomic mass is 10.2. The number of aromatic nitrogens is 1. The molecule has 0 unspecified atom stereocenters. The Kier molecular flexibility index (Phi) is 4.47. The third-order valence-corrected chi connectivity index (χ3v) is 2.38. The first kappa shape index (κ1) is 13.8. The Morgan fingerprint density at radius 3 is 2.61 bits per heavy atom. The van der Waals surface area contributed by atoms with E-state index in [1.807, 2.05) is 0 Å². The summed E-state index contributed by atoms with van der Waals surface area (Å²) in [6.07, 6.45) is 1.24. The van der Waals surface area contributed by atoms with Gasteiger partial charge >= 0.3 is 11.9 Å². The molecule has 1 aromatic rings. The van der Waals surface area contributed by atoms with Crippen molar-refractivity contribution in [3.8, 4) is 0 Å². The van der Waals surface area contributed by atoms with Crippen LogP contribution in [0.3, 0.4) is 0 Å². The van der Waals surface area contributed by atoms with E-state index in [9.17, 15) is 14.4 Å². The number of hydrogen-bond acceptors (Lipinski definition) is 4. The highest BCUT2D eigenvalue weighted by atomic mass is 16.5. The summed E-state index contributed by atoms with van der Waals surface area (Å²) in [7, 11) is 2.81. The van der Waals surface area contributed by atoms with E-state index in [0.717, 1.165) is 7.11 Å². The molecule has 7 nitrogen and oxygen atoms in total. The smallest absolute Gasteiger partial charge is 0.326 e. The Balaban J connectivity index is 2.73. The molecular formula is C11H14N2O5. The standard InChI is InChI=1S/C11H14N2O5/c1-13-5-3-4-8(13)10(15)12-7(11(16)17)6-9(14)18-2/h3-5,7H,6H2,1-2H3,(H,12,15)(H,16,17)/t7-/m0/s1. The van der Waals surface area contributed by atoms with Crippen LogP contribution in [0.5, 0.6) is 0 Å². The predicted octanol–water partition coefficient (Wildman–Crippen LogP) is -0.229. The average Bonchev–Trinajstić information content (AvgIpc) is 2.74. The first-order valence-electron chi connectivity index (χ1n) is 5.17. The molecule has 1 rings (SSSR count). The largest absolute Gasteiger partial charge is 0.480 e. The van der Waals surface area contributed by atoms with Crippen LogP contribution < -0.4 is 5.32 Å². The minimum absolute atomic E-state index is 0.311. The van der Waals surface area contributed by atoms with Gasteiger partial charge in [-0.1, -0.05) is 0 Å². The molecule has 1 heterocycles. The lowest BCUT2D eigenvalue weighted by molar-refractivity contribution is -0.147. The molecule has 0 saturated carbocycles. The highest BCUT2D eigenvalue weighted by Crippen LogP contribution is 2.02. The van der Waals surface area contributed by atoms with Crippen LogP contribution in [-0.2, 0) is 21.4 Å². The Hall–Kier alpha value is -2.31. The minimum atomic E-state index is -1.31. The third-order valence-electron chi connectivity index (χ3n) is 2.38. The minimum Gasteiger partial charge on any atom is -0.480 e. The van der Waals surface area contributed by atoms with Gasteiger partial charge in [0.05, 0.1) is 13.5 Å². The van der Waals surface area contributed by atoms with E-state index in [1.165, 1.54) is 0 Å². The lowest BCUT2D eigenvalue weighted by Crippen LogP contribution is -2.42. The number of nitrogens with zero attached hydrogens (tertiary/aromatic N) is 1. The van der Waals surface area contributed by atoms with Crippen molar-refractivity contribution in [2.75, 3.05) is 7.11 Å². The van der Waals surface area contributed by atoms with Gasteiger partial charge in [0.15, 0.2) is 0 Å². The molecule has 18 heavy (non-hydrogen) atoms. The highest BCUT2D eigenvalue weighted by molar-refractivity contribution is 5.96. The molecule has 1 amide bonds. The number of hydrogen-bond donors (Lipinski definition) is 2. The summed E-state index contributed by atoms with van der Waals surface area (Å²) in [5.74, 6) is -2.55. The summed E-state index contributed by atoms with van der Waals surface area (Å²) in [6, 6.07) is 1.90. The number of carboxylic acids is 1. The molecule has 0 aliphatic carbocycles. The van der Waals surface area contributed by atoms with E-state index < -0.39 is 30.3 Å². The number of carbonyl (C=O) groups is 3. The molecule has 1 atom stereocenters. The fourth-order valence-corrected chi connectivity index (χ4v) is 1.38. The van der Waals surface area contributed by atoms with Crippen molar-refractivity contribution in [2.45, 2.75) is 12.5 Å². The summed E-state index contributed by atoms with van der Waals surface area (Å²) in [5.41, 5.74) is 0.311. The molecule has 0 aliphatic rings. The number of methoxy groups -OCH3 is 1. The van der Waals surface area contributed by atoms with Gasteiger partial charge in [-0.2, -0.15) is 0 Å². The van der Waals surface area contributed by atoms with Crippen molar-refractivity contribution in [3.63, 3.8) is 0 Å². The number of nitrogens with one attached hydrogen (secondary N) is 1. The van der Waals surface area contributed by atoms with Crippen LogP contribution in [0.25, 0.3) is 0 Å². The van der Waals surface area contributed by atoms with Crippen LogP contribution in [0.1, 0.15) is 16.9 Å². The number of carbonyl (C=O) groups excluding carboxylic acids is 2. The van der Waals surface area contributed by atoms with Crippen molar-refractivity contribution in [3.05, 3.63) is 24.0 Å². The van der Waals surface area contributed by atoms with Crippen molar-refractivity contribution < 1.29 is 24.2 Å². The summed E-state index contributed by atoms with van der Waals surface area (Å²) < 4.78 is 5.92. The third kappa shape index (κ3) is 3.34. The number of aryl methyl sites for hydroxylation is 1. The van der Waals surface area contributed by atoms with Gasteiger partial charge in [0.1, 0.15) is 11.7 Å². The van der Waals surface area contributed by atoms with Crippen molar-refractivity contribution in [2.24, 2.45) is 7.05 Å². The molecule has 0 saturated heterocycles. The molecule has 0 aliphatic heterocycles. The first-order valence-corrected chi connectivity index (χ1v) is 5.17. The molecule has 0 fully saturated rings. The van der Waals surface area contributed by atoms with Crippen LogP contribution in [-0.4, -0.2) is 40.7 Å². The summed E-state index contributed by atoms with van der Waals surface area (Å²) in [4.78, 5) is 33.7. The maximum atomic E-state index is 11.8. The fraction of sp³-hybridized carbons (Fsp3) is 0.364. The monoisotopic (exact) mass is 254 g/mol. The zero-order chi connectivity index (χ0) is 13.7. The molecule has 1 aromatic heterocycles. The topological polar surface area (TPSA) is 97.6 Å². The summed E-state index contributed by atoms with van der Waals surface area (Å²) in [5, 5.41) is 11.2. The SMILES string of the molecule is COC(=O)C[C@H](NC(=O)c1cccn1C)C(=O)O. The molecule has 0 bridgehead atoms. The van der Waals surface area contributed by atoms with Crippen LogP contribution in [0.15, 0.2) is 18.3 Å². The number of esters is 1. The highest BCUT2D eigenvalue weighted by Gasteiger charge is 2.24. The van der Waals surface area contributed by atoms with Crippen LogP contribution in [0.2, 0.25) is 0 Å². The van der Waals surface area contributed by atoms with E-state index in [0.29, 0.717) is 5.69 Å². The zero-order valence-electron chi connectivity index (χ0n) is 10.0. The number of amides is 1. The van der Waals surface area contributed by atoms with Gasteiger partial charge in [-0.15, -0.1) is 0 Å². The van der Waals surface area contributed by atoms with Crippen molar-refractivity contribution in [1.29, 1.82) is 0 Å². The Labute approximate surface area is 103 Å². The molecule has 7 heteroatoms. The second-order valence-corrected chi connectivity index (χ2v) is 3.65. The number of aliphatic carboxylic acids is 1. The molecule has 0 aromatic carbocycles. The normalized spacial score (nSPS) is 11.7. The second-order valence-electron chi connectivity index (χ2n) is 3.65. The number of rotatable bonds is 5. The summed E-state index contributed by atoms with van der Waals surface area (Å²) in [6.45, 7) is 0. The van der Waals surface area contributed by atoms with Crippen LogP contribution in [0, 0.1) is 0 Å². The van der Waals surface area contributed by atoms with Crippen molar-refractivity contribution >= 4 is 17.8 Å². The van der Waals surface area contributed by atoms with E-state index >= 15 is 0 Å². The van der Waals surface area contributed by atoms with Gasteiger partial charge in [0.25, 0.3) is 5.91 Å². The van der Waals surface area contributed by atoms with Gasteiger partial charge in [0.2, 0.25) is 0 Å². The number of ether oxygens (including phenoxy) is 1. The lowest BCUT2D eigenvalue weighted by Gasteiger charge is -2.13. The molecule has 2 N–H and O–H groups in total. The predicted molar refractivity (Wildman–Crippen MR) is 60.9 cm³/mol. The second kappa shape index (κ2) is 5.85. The Morgan fingerprint density at radius 1 is 1.50 bits per heavy atom. The van der Waals surface area contributed by atoms with Gasteiger partial charge in [-0.3, -0.25) is 9.59 Å². The maximum absolute atomic E-state index is 11.8. The quantitative estimate of drug-likeness (QED) is 0.707. The van der Waals surface area contributed by atoms with E-state index in [4.69, 9.17) is 5.11 Å². The van der Waals surface area contributed by atoms with E-state index in [2.05, 4.69) is 10.1 Å². The zero-order valence-corrected chi connectivity index (χ0v) is 10.0. The fourth-order valence-electron chi connectivity index (χ4n) is 1.38. The van der Waals surface area contributed by atoms with Gasteiger partial charge < -0.3 is 19.7 Å². The van der Waals surface area contributed by atoms with Crippen molar-refractivity contribution in [1.82, 2.24) is 9.88 Å². The van der Waals surface area contributed by atoms with Gasteiger partial charge in [-0.05, 0) is 12.1 Å². The van der Waals surface area contributed by atoms with Gasteiger partial charge in [0, 0.05) is 13.2 Å². The Bertz CT molecular complexity index is 466. The number of carboxylic acid groups (broad SMARTS) is 1. The van der Waals surface area contributed by atoms with E-state index in [-0.39, 0.29) is 0 Å². The average molecular weight is 254 g/mol. The first-order chi connectivity index (χ1) is 8.45. The Morgan fingerprint density at radius 2 is 2.17 bits per heavy atom. The molecule has 0 spiro atoms.